The average molecular weight is 599 g/mol. The predicted molar refractivity (Wildman–Crippen MR) is 148 cm³/mol. The number of allylic oxidation sites excluding steroid dienone is 1. The number of Topliss-reactive ketones (excluding diaryl/α,β-unsaturated/α-hetero) is 1. The number of ketones is 1. The van der Waals surface area contributed by atoms with Gasteiger partial charge in [-0.25, -0.2) is 9.59 Å². The lowest BCUT2D eigenvalue weighted by Crippen LogP contribution is -2.30. The van der Waals surface area contributed by atoms with Crippen LogP contribution in [0.2, 0.25) is 19.6 Å². The topological polar surface area (TPSA) is 260 Å². The molecule has 2 aromatic carbocycles. The van der Waals surface area contributed by atoms with Crippen molar-refractivity contribution in [3.8, 4) is 0 Å². The maximum atomic E-state index is 11.4. The Balaban J connectivity index is 0.000000428. The van der Waals surface area contributed by atoms with Crippen molar-refractivity contribution in [2.75, 3.05) is 0 Å². The first-order valence-electron chi connectivity index (χ1n) is 11.9. The lowest BCUT2D eigenvalue weighted by Gasteiger charge is -2.18. The van der Waals surface area contributed by atoms with Crippen molar-refractivity contribution >= 4 is 48.8 Å². The van der Waals surface area contributed by atoms with Crippen LogP contribution in [-0.2, 0) is 31.7 Å². The average Bonchev–Trinajstić information content (AvgIpc) is 2.91. The van der Waals surface area contributed by atoms with Gasteiger partial charge in [-0.2, -0.15) is 9.58 Å². The number of nitrogens with zero attached hydrogens (tertiary/aromatic N) is 6. The molecule has 42 heavy (non-hydrogen) atoms. The van der Waals surface area contributed by atoms with Crippen LogP contribution in [0.5, 0.6) is 0 Å². The number of aryl methyl sites for hydroxylation is 1. The molecule has 0 fully saturated rings. The van der Waals surface area contributed by atoms with E-state index in [1.54, 1.807) is 12.1 Å². The standard InChI is InChI=1S/C14H17N3O5Si.C11H9N3O5/c1-23(2,3)22-12(13(16-15)14(18)19)9-6-10-4-7-11(8-5-10)17(20)21;12-13-10(11(16)17)9(15)6-3-7-1-4-8(5-2-7)14(18)19/h4-5,7-9H,6H2,1-3H3,(H,18,19);1-2,4-5H,3,6H2,(H,16,17). The molecule has 17 heteroatoms. The van der Waals surface area contributed by atoms with Gasteiger partial charge >= 0.3 is 23.4 Å². The molecule has 0 bridgehead atoms. The van der Waals surface area contributed by atoms with E-state index in [1.807, 2.05) is 19.6 Å². The van der Waals surface area contributed by atoms with Gasteiger partial charge in [-0.1, -0.05) is 24.3 Å². The third-order valence-corrected chi connectivity index (χ3v) is 5.81. The molecule has 0 aliphatic heterocycles. The molecule has 0 spiro atoms. The van der Waals surface area contributed by atoms with E-state index in [2.05, 4.69) is 9.58 Å². The first kappa shape index (κ1) is 34.4. The fraction of sp³-hybridized carbons (Fsp3) is 0.240. The molecular formula is C25H26N6O10Si. The zero-order valence-corrected chi connectivity index (χ0v) is 23.7. The summed E-state index contributed by atoms with van der Waals surface area (Å²) >= 11 is 0. The van der Waals surface area contributed by atoms with Crippen LogP contribution in [0.1, 0.15) is 17.5 Å². The highest BCUT2D eigenvalue weighted by atomic mass is 28.4. The summed E-state index contributed by atoms with van der Waals surface area (Å²) in [5.41, 5.74) is 17.0. The zero-order valence-electron chi connectivity index (χ0n) is 22.7. The van der Waals surface area contributed by atoms with E-state index in [0.29, 0.717) is 5.56 Å². The van der Waals surface area contributed by atoms with E-state index >= 15 is 0 Å². The van der Waals surface area contributed by atoms with Crippen LogP contribution in [0, 0.1) is 20.2 Å². The summed E-state index contributed by atoms with van der Waals surface area (Å²) in [6.07, 6.45) is 1.80. The molecule has 0 aromatic heterocycles. The second-order valence-corrected chi connectivity index (χ2v) is 13.7. The van der Waals surface area contributed by atoms with Crippen LogP contribution in [-0.4, -0.2) is 67.1 Å². The molecule has 2 N–H and O–H groups in total. The van der Waals surface area contributed by atoms with E-state index in [9.17, 15) is 34.6 Å². The highest BCUT2D eigenvalue weighted by molar-refractivity contribution is 6.70. The molecule has 0 radical (unpaired) electrons. The number of carbonyl (C=O) groups excluding carboxylic acids is 1. The van der Waals surface area contributed by atoms with Gasteiger partial charge < -0.3 is 25.7 Å². The summed E-state index contributed by atoms with van der Waals surface area (Å²) in [5.74, 6) is -3.83. The van der Waals surface area contributed by atoms with Gasteiger partial charge in [-0.15, -0.1) is 0 Å². The summed E-state index contributed by atoms with van der Waals surface area (Å²) in [5, 5.41) is 38.6. The van der Waals surface area contributed by atoms with Crippen LogP contribution in [0.25, 0.3) is 11.1 Å². The fourth-order valence-corrected chi connectivity index (χ4v) is 3.90. The first-order chi connectivity index (χ1) is 19.6. The Morgan fingerprint density at radius 1 is 0.833 bits per heavy atom. The van der Waals surface area contributed by atoms with Gasteiger partial charge in [0.1, 0.15) is 0 Å². The van der Waals surface area contributed by atoms with Gasteiger partial charge in [0, 0.05) is 30.7 Å². The third kappa shape index (κ3) is 11.6. The number of hydrogen-bond acceptors (Lipinski definition) is 8. The first-order valence-corrected chi connectivity index (χ1v) is 15.3. The van der Waals surface area contributed by atoms with Crippen molar-refractivity contribution in [1.29, 1.82) is 0 Å². The second kappa shape index (κ2) is 15.8. The van der Waals surface area contributed by atoms with Crippen molar-refractivity contribution in [3.05, 3.63) is 103 Å². The summed E-state index contributed by atoms with van der Waals surface area (Å²) in [4.78, 5) is 58.2. The number of hydrogen-bond donors (Lipinski definition) is 2. The highest BCUT2D eigenvalue weighted by Crippen LogP contribution is 2.16. The molecule has 0 amide bonds. The van der Waals surface area contributed by atoms with Crippen molar-refractivity contribution < 1.29 is 48.4 Å². The SMILES string of the molecule is C[Si](C)(C)OC(=CCc1ccc([N+](=O)[O-])cc1)C(=[N+]=[N-])C(=O)O.[N-]=[N+]=C(C(=O)O)C(=O)CCc1ccc([N+](=O)[O-])cc1. The molecule has 0 atom stereocenters. The van der Waals surface area contributed by atoms with Gasteiger partial charge in [0.2, 0.25) is 8.32 Å². The predicted octanol–water partition coefficient (Wildman–Crippen LogP) is 3.48. The van der Waals surface area contributed by atoms with Crippen molar-refractivity contribution in [3.63, 3.8) is 0 Å². The summed E-state index contributed by atoms with van der Waals surface area (Å²) < 4.78 is 5.66. The number of nitro groups is 2. The minimum Gasteiger partial charge on any atom is -0.539 e. The van der Waals surface area contributed by atoms with Crippen LogP contribution in [0.4, 0.5) is 11.4 Å². The van der Waals surface area contributed by atoms with E-state index < -0.39 is 47.3 Å². The summed E-state index contributed by atoms with van der Waals surface area (Å²) in [7, 11) is -2.12. The van der Waals surface area contributed by atoms with E-state index in [0.717, 1.165) is 5.56 Å². The number of non-ortho nitro benzene ring substituents is 2. The number of aliphatic carboxylic acids is 2. The molecule has 220 valence electrons. The van der Waals surface area contributed by atoms with Crippen molar-refractivity contribution in [1.82, 2.24) is 0 Å². The van der Waals surface area contributed by atoms with Crippen molar-refractivity contribution in [2.45, 2.75) is 38.9 Å². The van der Waals surface area contributed by atoms with Gasteiger partial charge in [0.15, 0.2) is 5.76 Å². The Hall–Kier alpha value is -5.63. The molecule has 2 rings (SSSR count). The second-order valence-electron chi connectivity index (χ2n) is 9.26. The van der Waals surface area contributed by atoms with Crippen LogP contribution in [0.15, 0.2) is 60.4 Å². The Kier molecular flexibility index (Phi) is 13.0. The van der Waals surface area contributed by atoms with Gasteiger partial charge in [0.25, 0.3) is 17.2 Å². The Morgan fingerprint density at radius 3 is 1.62 bits per heavy atom. The molecule has 0 saturated carbocycles. The highest BCUT2D eigenvalue weighted by Gasteiger charge is 2.31. The maximum absolute atomic E-state index is 11.4. The fourth-order valence-electron chi connectivity index (χ4n) is 3.06. The molecule has 0 aliphatic carbocycles. The minimum absolute atomic E-state index is 0.0162. The quantitative estimate of drug-likeness (QED) is 0.0495. The van der Waals surface area contributed by atoms with E-state index in [1.165, 1.54) is 42.5 Å². The smallest absolute Gasteiger partial charge is 0.441 e. The molecule has 0 unspecified atom stereocenters. The minimum atomic E-state index is -2.12. The molecule has 16 nitrogen and oxygen atoms in total. The van der Waals surface area contributed by atoms with Crippen molar-refractivity contribution in [2.24, 2.45) is 0 Å². The Labute approximate surface area is 239 Å². The van der Waals surface area contributed by atoms with Crippen LogP contribution < -0.4 is 0 Å². The number of carboxylic acids is 2. The Morgan fingerprint density at radius 2 is 1.26 bits per heavy atom. The molecule has 2 aromatic rings. The summed E-state index contributed by atoms with van der Waals surface area (Å²) in [6, 6.07) is 11.4. The summed E-state index contributed by atoms with van der Waals surface area (Å²) in [6.45, 7) is 5.59. The van der Waals surface area contributed by atoms with Gasteiger partial charge in [0.05, 0.1) is 9.85 Å². The number of nitro benzene ring substituents is 2. The van der Waals surface area contributed by atoms with E-state index in [-0.39, 0.29) is 36.4 Å². The molecule has 0 saturated heterocycles. The van der Waals surface area contributed by atoms with E-state index in [4.69, 9.17) is 25.7 Å². The monoisotopic (exact) mass is 598 g/mol. The zero-order chi connectivity index (χ0) is 32.0. The third-order valence-electron chi connectivity index (χ3n) is 4.98. The molecule has 0 heterocycles. The van der Waals surface area contributed by atoms with Gasteiger partial charge in [-0.05, 0) is 49.7 Å². The maximum Gasteiger partial charge on any atom is 0.441 e. The normalized spacial score (nSPS) is 10.6. The lowest BCUT2D eigenvalue weighted by molar-refractivity contribution is -0.385. The van der Waals surface area contributed by atoms with Gasteiger partial charge in [-0.3, -0.25) is 25.0 Å². The van der Waals surface area contributed by atoms with Crippen LogP contribution in [0.3, 0.4) is 0 Å². The van der Waals surface area contributed by atoms with Crippen LogP contribution >= 0.6 is 0 Å². The largest absolute Gasteiger partial charge is 0.539 e. The molecular weight excluding hydrogens is 572 g/mol. The molecule has 0 aliphatic rings. The lowest BCUT2D eigenvalue weighted by atomic mass is 10.0. The number of carbonyl (C=O) groups is 3. The number of benzene rings is 2. The number of rotatable bonds is 13. The Bertz CT molecular complexity index is 1490. The number of carboxylic acid groups (broad SMARTS) is 2.